The summed E-state index contributed by atoms with van der Waals surface area (Å²) in [5.74, 6) is -5.59. The largest absolute Gasteiger partial charge is 0.397 e. The third-order valence-corrected chi connectivity index (χ3v) is 2.78. The summed E-state index contributed by atoms with van der Waals surface area (Å²) < 4.78 is 39.3. The number of anilines is 2. The van der Waals surface area contributed by atoms with Crippen LogP contribution in [0.3, 0.4) is 0 Å². The molecule has 1 amide bonds. The second kappa shape index (κ2) is 5.42. The first-order valence-electron chi connectivity index (χ1n) is 5.40. The van der Waals surface area contributed by atoms with Crippen molar-refractivity contribution in [1.82, 2.24) is 0 Å². The fourth-order valence-electron chi connectivity index (χ4n) is 1.54. The molecule has 2 aromatic rings. The number of carbonyl (C=O) groups excluding carboxylic acids is 1. The number of amides is 1. The number of nitrogen functional groups attached to an aromatic ring is 1. The zero-order valence-corrected chi connectivity index (χ0v) is 10.6. The summed E-state index contributed by atoms with van der Waals surface area (Å²) in [6, 6.07) is 5.77. The van der Waals surface area contributed by atoms with Gasteiger partial charge >= 0.3 is 0 Å². The highest BCUT2D eigenvalue weighted by Gasteiger charge is 2.19. The van der Waals surface area contributed by atoms with Crippen LogP contribution in [0.4, 0.5) is 24.5 Å². The molecule has 0 atom stereocenters. The Bertz CT molecular complexity index is 692. The standard InChI is InChI=1S/C13H8ClF3N2O/c14-6-1-4-10(9(18)5-6)19-13(20)7-2-3-8(15)12(17)11(7)16/h1-5H,18H2,(H,19,20). The van der Waals surface area contributed by atoms with E-state index in [0.29, 0.717) is 11.1 Å². The Morgan fingerprint density at radius 3 is 2.45 bits per heavy atom. The minimum Gasteiger partial charge on any atom is -0.397 e. The number of halogens is 4. The summed E-state index contributed by atoms with van der Waals surface area (Å²) >= 11 is 5.69. The maximum Gasteiger partial charge on any atom is 0.258 e. The van der Waals surface area contributed by atoms with Gasteiger partial charge in [-0.25, -0.2) is 13.2 Å². The van der Waals surface area contributed by atoms with Crippen molar-refractivity contribution in [2.45, 2.75) is 0 Å². The highest BCUT2D eigenvalue weighted by molar-refractivity contribution is 6.31. The predicted octanol–water partition coefficient (Wildman–Crippen LogP) is 3.59. The van der Waals surface area contributed by atoms with Crippen LogP contribution < -0.4 is 11.1 Å². The number of nitrogens with one attached hydrogen (secondary N) is 1. The molecule has 7 heteroatoms. The smallest absolute Gasteiger partial charge is 0.258 e. The third-order valence-electron chi connectivity index (χ3n) is 2.54. The topological polar surface area (TPSA) is 55.1 Å². The molecule has 0 aliphatic heterocycles. The molecule has 2 aromatic carbocycles. The van der Waals surface area contributed by atoms with E-state index in [0.717, 1.165) is 6.07 Å². The zero-order chi connectivity index (χ0) is 14.9. The van der Waals surface area contributed by atoms with Crippen molar-refractivity contribution in [3.8, 4) is 0 Å². The molecule has 3 N–H and O–H groups in total. The summed E-state index contributed by atoms with van der Waals surface area (Å²) in [7, 11) is 0. The average molecular weight is 301 g/mol. The van der Waals surface area contributed by atoms with Gasteiger partial charge in [0.05, 0.1) is 16.9 Å². The molecule has 0 radical (unpaired) electrons. The van der Waals surface area contributed by atoms with E-state index in [1.54, 1.807) is 0 Å². The van der Waals surface area contributed by atoms with E-state index in [-0.39, 0.29) is 11.4 Å². The average Bonchev–Trinajstić information content (AvgIpc) is 2.39. The minimum atomic E-state index is -1.71. The second-order valence-corrected chi connectivity index (χ2v) is 4.35. The molecule has 0 unspecified atom stereocenters. The maximum atomic E-state index is 13.5. The summed E-state index contributed by atoms with van der Waals surface area (Å²) in [6.45, 7) is 0. The van der Waals surface area contributed by atoms with E-state index in [1.165, 1.54) is 18.2 Å². The first-order valence-corrected chi connectivity index (χ1v) is 5.78. The molecule has 20 heavy (non-hydrogen) atoms. The molecule has 0 aliphatic carbocycles. The van der Waals surface area contributed by atoms with Gasteiger partial charge in [0, 0.05) is 5.02 Å². The van der Waals surface area contributed by atoms with Crippen LogP contribution in [-0.4, -0.2) is 5.91 Å². The van der Waals surface area contributed by atoms with E-state index < -0.39 is 28.9 Å². The Morgan fingerprint density at radius 1 is 1.10 bits per heavy atom. The fourth-order valence-corrected chi connectivity index (χ4v) is 1.72. The van der Waals surface area contributed by atoms with Crippen LogP contribution in [0.25, 0.3) is 0 Å². The predicted molar refractivity (Wildman–Crippen MR) is 70.1 cm³/mol. The van der Waals surface area contributed by atoms with Gasteiger partial charge in [-0.05, 0) is 30.3 Å². The molecule has 0 heterocycles. The van der Waals surface area contributed by atoms with Gasteiger partial charge in [-0.3, -0.25) is 4.79 Å². The number of hydrogen-bond donors (Lipinski definition) is 2. The Morgan fingerprint density at radius 2 is 1.80 bits per heavy atom. The molecule has 0 bridgehead atoms. The molecule has 3 nitrogen and oxygen atoms in total. The first-order chi connectivity index (χ1) is 9.40. The zero-order valence-electron chi connectivity index (χ0n) is 9.88. The number of nitrogens with two attached hydrogens (primary N) is 1. The number of carbonyl (C=O) groups is 1. The third kappa shape index (κ3) is 2.70. The van der Waals surface area contributed by atoms with Crippen molar-refractivity contribution in [2.24, 2.45) is 0 Å². The van der Waals surface area contributed by atoms with Gasteiger partial charge in [0.2, 0.25) is 0 Å². The fraction of sp³-hybridized carbons (Fsp3) is 0. The van der Waals surface area contributed by atoms with Crippen LogP contribution in [0.15, 0.2) is 30.3 Å². The highest BCUT2D eigenvalue weighted by Crippen LogP contribution is 2.24. The van der Waals surface area contributed by atoms with Crippen LogP contribution >= 0.6 is 11.6 Å². The van der Waals surface area contributed by atoms with E-state index in [4.69, 9.17) is 17.3 Å². The number of rotatable bonds is 2. The van der Waals surface area contributed by atoms with E-state index >= 15 is 0 Å². The molecule has 2 rings (SSSR count). The highest BCUT2D eigenvalue weighted by atomic mass is 35.5. The van der Waals surface area contributed by atoms with Crippen molar-refractivity contribution in [2.75, 3.05) is 11.1 Å². The molecule has 0 saturated carbocycles. The lowest BCUT2D eigenvalue weighted by Crippen LogP contribution is -2.16. The SMILES string of the molecule is Nc1cc(Cl)ccc1NC(=O)c1ccc(F)c(F)c1F. The van der Waals surface area contributed by atoms with Gasteiger partial charge in [-0.15, -0.1) is 0 Å². The van der Waals surface area contributed by atoms with Crippen LogP contribution in [0.2, 0.25) is 5.02 Å². The van der Waals surface area contributed by atoms with Gasteiger partial charge in [-0.1, -0.05) is 11.6 Å². The molecule has 0 spiro atoms. The Labute approximate surface area is 117 Å². The minimum absolute atomic E-state index is 0.161. The first kappa shape index (κ1) is 14.2. The molecule has 0 aliphatic rings. The van der Waals surface area contributed by atoms with Crippen molar-refractivity contribution in [3.63, 3.8) is 0 Å². The van der Waals surface area contributed by atoms with Crippen LogP contribution in [0, 0.1) is 17.5 Å². The van der Waals surface area contributed by atoms with Gasteiger partial charge in [0.25, 0.3) is 5.91 Å². The van der Waals surface area contributed by atoms with Crippen LogP contribution in [0.1, 0.15) is 10.4 Å². The van der Waals surface area contributed by atoms with Gasteiger partial charge in [0.15, 0.2) is 17.5 Å². The number of hydrogen-bond acceptors (Lipinski definition) is 2. The molecule has 104 valence electrons. The van der Waals surface area contributed by atoms with Gasteiger partial charge in [-0.2, -0.15) is 0 Å². The second-order valence-electron chi connectivity index (χ2n) is 3.91. The lowest BCUT2D eigenvalue weighted by atomic mass is 10.1. The molecule has 0 fully saturated rings. The van der Waals surface area contributed by atoms with Crippen molar-refractivity contribution >= 4 is 28.9 Å². The van der Waals surface area contributed by atoms with E-state index in [9.17, 15) is 18.0 Å². The lowest BCUT2D eigenvalue weighted by molar-refractivity contribution is 0.102. The maximum absolute atomic E-state index is 13.5. The molecular formula is C13H8ClF3N2O. The lowest BCUT2D eigenvalue weighted by Gasteiger charge is -2.09. The van der Waals surface area contributed by atoms with Crippen molar-refractivity contribution in [1.29, 1.82) is 0 Å². The quantitative estimate of drug-likeness (QED) is 0.658. The number of benzene rings is 2. The Balaban J connectivity index is 2.31. The van der Waals surface area contributed by atoms with E-state index in [2.05, 4.69) is 5.32 Å². The van der Waals surface area contributed by atoms with Crippen molar-refractivity contribution < 1.29 is 18.0 Å². The monoisotopic (exact) mass is 300 g/mol. The van der Waals surface area contributed by atoms with Crippen LogP contribution in [0.5, 0.6) is 0 Å². The molecule has 0 saturated heterocycles. The van der Waals surface area contributed by atoms with E-state index in [1.807, 2.05) is 0 Å². The Hall–Kier alpha value is -2.21. The molecular weight excluding hydrogens is 293 g/mol. The summed E-state index contributed by atoms with van der Waals surface area (Å²) in [5.41, 5.74) is 5.33. The van der Waals surface area contributed by atoms with Crippen molar-refractivity contribution in [3.05, 3.63) is 58.4 Å². The van der Waals surface area contributed by atoms with Gasteiger partial charge in [0.1, 0.15) is 0 Å². The Kier molecular flexibility index (Phi) is 3.85. The summed E-state index contributed by atoms with van der Waals surface area (Å²) in [4.78, 5) is 11.8. The summed E-state index contributed by atoms with van der Waals surface area (Å²) in [6.07, 6.45) is 0. The van der Waals surface area contributed by atoms with Crippen LogP contribution in [-0.2, 0) is 0 Å². The normalized spacial score (nSPS) is 10.4. The molecule has 0 aromatic heterocycles. The summed E-state index contributed by atoms with van der Waals surface area (Å²) in [5, 5.41) is 2.65. The van der Waals surface area contributed by atoms with Gasteiger partial charge < -0.3 is 11.1 Å².